The number of alkyl halides is 1. The monoisotopic (exact) mass is 276 g/mol. The number of benzene rings is 1. The van der Waals surface area contributed by atoms with Crippen LogP contribution in [0.1, 0.15) is 16.8 Å². The molecule has 2 N–H and O–H groups in total. The van der Waals surface area contributed by atoms with Crippen molar-refractivity contribution in [2.75, 3.05) is 18.5 Å². The molecule has 6 nitrogen and oxygen atoms in total. The van der Waals surface area contributed by atoms with Crippen molar-refractivity contribution >= 4 is 28.9 Å². The van der Waals surface area contributed by atoms with Crippen molar-refractivity contribution in [1.29, 1.82) is 0 Å². The van der Waals surface area contributed by atoms with Crippen molar-refractivity contribution in [3.63, 3.8) is 0 Å². The third kappa shape index (κ3) is 3.30. The summed E-state index contributed by atoms with van der Waals surface area (Å²) >= 11 is 5.78. The van der Waals surface area contributed by atoms with Crippen molar-refractivity contribution < 1.29 is 19.2 Å². The van der Waals surface area contributed by atoms with E-state index in [0.29, 0.717) is 0 Å². The van der Waals surface area contributed by atoms with Crippen LogP contribution in [0.5, 0.6) is 0 Å². The Labute approximate surface area is 107 Å². The van der Waals surface area contributed by atoms with E-state index in [2.05, 4.69) is 5.32 Å². The van der Waals surface area contributed by atoms with Gasteiger partial charge in [-0.25, -0.2) is 4.79 Å². The zero-order chi connectivity index (χ0) is 13.7. The molecule has 0 radical (unpaired) electrons. The van der Waals surface area contributed by atoms with Gasteiger partial charge >= 0.3 is 5.97 Å². The predicted molar refractivity (Wildman–Crippen MR) is 64.1 cm³/mol. The summed E-state index contributed by atoms with van der Waals surface area (Å²) in [5.74, 6) is -1.34. The Morgan fingerprint density at radius 1 is 1.56 bits per heavy atom. The Morgan fingerprint density at radius 3 is 2.72 bits per heavy atom. The van der Waals surface area contributed by atoms with E-state index < -0.39 is 23.3 Å². The maximum absolute atomic E-state index is 11.9. The van der Waals surface area contributed by atoms with E-state index >= 15 is 0 Å². The number of nitro benzene ring substituents is 1. The van der Waals surface area contributed by atoms with Gasteiger partial charge in [0.15, 0.2) is 0 Å². The lowest BCUT2D eigenvalue weighted by Crippen LogP contribution is -2.09. The summed E-state index contributed by atoms with van der Waals surface area (Å²) in [6.07, 6.45) is 0.187. The van der Waals surface area contributed by atoms with Crippen LogP contribution >= 0.6 is 11.6 Å². The minimum absolute atomic E-state index is 0.0585. The average Bonchev–Trinajstić information content (AvgIpc) is 2.30. The normalized spacial score (nSPS) is 10.1. The largest absolute Gasteiger partial charge is 0.478 e. The van der Waals surface area contributed by atoms with Crippen LogP contribution in [0.15, 0.2) is 12.1 Å². The molecule has 0 saturated carbocycles. The lowest BCUT2D eigenvalue weighted by atomic mass is 10.1. The predicted octanol–water partition coefficient (Wildman–Crippen LogP) is 2.72. The fourth-order valence-electron chi connectivity index (χ4n) is 1.33. The van der Waals surface area contributed by atoms with Crippen LogP contribution < -0.4 is 5.32 Å². The smallest absolute Gasteiger partial charge is 0.338 e. The molecule has 0 fully saturated rings. The highest BCUT2D eigenvalue weighted by Gasteiger charge is 2.19. The van der Waals surface area contributed by atoms with Gasteiger partial charge in [-0.3, -0.25) is 14.5 Å². The molecule has 0 aromatic heterocycles. The van der Waals surface area contributed by atoms with Gasteiger partial charge in [0.2, 0.25) is 0 Å². The number of hydrogen-bond acceptors (Lipinski definition) is 4. The van der Waals surface area contributed by atoms with E-state index in [4.69, 9.17) is 16.7 Å². The number of carboxylic acids is 1. The Hall–Kier alpha value is -1.89. The molecule has 1 aromatic rings. The molecular formula is C10H10ClFN2O4. The third-order valence-corrected chi connectivity index (χ3v) is 2.43. The Balaban J connectivity index is 3.15. The zero-order valence-electron chi connectivity index (χ0n) is 9.15. The molecule has 1 aromatic carbocycles. The number of hydrogen-bond donors (Lipinski definition) is 2. The van der Waals surface area contributed by atoms with Gasteiger partial charge < -0.3 is 10.4 Å². The molecule has 18 heavy (non-hydrogen) atoms. The van der Waals surface area contributed by atoms with Crippen molar-refractivity contribution in [2.24, 2.45) is 0 Å². The molecule has 0 aliphatic heterocycles. The standard InChI is InChI=1S/C10H10ClFN2O4/c11-8-5-6(14(17)18)4-7(10(15)16)9(8)13-3-1-2-12/h4-5,13H,1-3H2,(H,15,16). The number of nitrogens with zero attached hydrogens (tertiary/aromatic N) is 1. The third-order valence-electron chi connectivity index (χ3n) is 2.13. The highest BCUT2D eigenvalue weighted by atomic mass is 35.5. The second-order valence-corrected chi connectivity index (χ2v) is 3.79. The maximum atomic E-state index is 11.9. The van der Waals surface area contributed by atoms with Crippen LogP contribution in [0.3, 0.4) is 0 Å². The van der Waals surface area contributed by atoms with Crippen LogP contribution in [0.2, 0.25) is 5.02 Å². The van der Waals surface area contributed by atoms with Gasteiger partial charge in [-0.2, -0.15) is 0 Å². The zero-order valence-corrected chi connectivity index (χ0v) is 9.91. The first kappa shape index (κ1) is 14.2. The number of rotatable bonds is 6. The van der Waals surface area contributed by atoms with Gasteiger partial charge in [0.25, 0.3) is 5.69 Å². The van der Waals surface area contributed by atoms with Crippen molar-refractivity contribution in [2.45, 2.75) is 6.42 Å². The van der Waals surface area contributed by atoms with Gasteiger partial charge in [-0.15, -0.1) is 0 Å². The summed E-state index contributed by atoms with van der Waals surface area (Å²) < 4.78 is 11.9. The molecule has 0 spiro atoms. The Kier molecular flexibility index (Phi) is 4.85. The molecule has 0 bridgehead atoms. The number of nitro groups is 1. The van der Waals surface area contributed by atoms with E-state index in [1.54, 1.807) is 0 Å². The highest BCUT2D eigenvalue weighted by Crippen LogP contribution is 2.31. The summed E-state index contributed by atoms with van der Waals surface area (Å²) in [5.41, 5.74) is -0.662. The van der Waals surface area contributed by atoms with Crippen LogP contribution in [-0.4, -0.2) is 29.2 Å². The fraction of sp³-hybridized carbons (Fsp3) is 0.300. The minimum atomic E-state index is -1.34. The second kappa shape index (κ2) is 6.15. The van der Waals surface area contributed by atoms with E-state index in [0.717, 1.165) is 12.1 Å². The molecule has 0 aliphatic rings. The van der Waals surface area contributed by atoms with Gasteiger partial charge in [-0.05, 0) is 6.42 Å². The first-order chi connectivity index (χ1) is 8.47. The van der Waals surface area contributed by atoms with Crippen LogP contribution in [0, 0.1) is 10.1 Å². The van der Waals surface area contributed by atoms with E-state index in [9.17, 15) is 19.3 Å². The molecule has 0 aliphatic carbocycles. The number of carbonyl (C=O) groups is 1. The Morgan fingerprint density at radius 2 is 2.22 bits per heavy atom. The summed E-state index contributed by atoms with van der Waals surface area (Å²) in [6.45, 7) is -0.367. The molecule has 8 heteroatoms. The van der Waals surface area contributed by atoms with E-state index in [1.165, 1.54) is 0 Å². The van der Waals surface area contributed by atoms with Gasteiger partial charge in [0.05, 0.1) is 27.9 Å². The molecule has 0 heterocycles. The number of anilines is 1. The van der Waals surface area contributed by atoms with E-state index in [1.807, 2.05) is 0 Å². The lowest BCUT2D eigenvalue weighted by molar-refractivity contribution is -0.384. The van der Waals surface area contributed by atoms with Crippen LogP contribution in [0.25, 0.3) is 0 Å². The quantitative estimate of drug-likeness (QED) is 0.473. The first-order valence-corrected chi connectivity index (χ1v) is 5.36. The highest BCUT2D eigenvalue weighted by molar-refractivity contribution is 6.34. The maximum Gasteiger partial charge on any atom is 0.338 e. The van der Waals surface area contributed by atoms with Gasteiger partial charge in [-0.1, -0.05) is 11.6 Å². The summed E-state index contributed by atoms with van der Waals surface area (Å²) in [5, 5.41) is 22.1. The number of halogens is 2. The molecule has 1 rings (SSSR count). The minimum Gasteiger partial charge on any atom is -0.478 e. The topological polar surface area (TPSA) is 92.5 Å². The van der Waals surface area contributed by atoms with Crippen LogP contribution in [0.4, 0.5) is 15.8 Å². The second-order valence-electron chi connectivity index (χ2n) is 3.38. The van der Waals surface area contributed by atoms with Crippen molar-refractivity contribution in [3.05, 3.63) is 32.8 Å². The average molecular weight is 277 g/mol. The van der Waals surface area contributed by atoms with Crippen LogP contribution in [-0.2, 0) is 0 Å². The van der Waals surface area contributed by atoms with Crippen molar-refractivity contribution in [3.8, 4) is 0 Å². The number of aromatic carboxylic acids is 1. The van der Waals surface area contributed by atoms with Gasteiger partial charge in [0, 0.05) is 18.7 Å². The number of non-ortho nitro benzene ring substituents is 1. The molecule has 0 unspecified atom stereocenters. The Bertz CT molecular complexity index is 481. The van der Waals surface area contributed by atoms with E-state index in [-0.39, 0.29) is 29.2 Å². The summed E-state index contributed by atoms with van der Waals surface area (Å²) in [7, 11) is 0. The number of carboxylic acid groups (broad SMARTS) is 1. The lowest BCUT2D eigenvalue weighted by Gasteiger charge is -2.10. The first-order valence-electron chi connectivity index (χ1n) is 4.98. The summed E-state index contributed by atoms with van der Waals surface area (Å²) in [4.78, 5) is 20.8. The molecular weight excluding hydrogens is 267 g/mol. The van der Waals surface area contributed by atoms with Crippen molar-refractivity contribution in [1.82, 2.24) is 0 Å². The molecule has 0 saturated heterocycles. The molecule has 98 valence electrons. The molecule has 0 amide bonds. The summed E-state index contributed by atoms with van der Waals surface area (Å²) in [6, 6.07) is 1.96. The van der Waals surface area contributed by atoms with Gasteiger partial charge in [0.1, 0.15) is 0 Å². The molecule has 0 atom stereocenters. The SMILES string of the molecule is O=C(O)c1cc([N+](=O)[O-])cc(Cl)c1NCCCF. The fourth-order valence-corrected chi connectivity index (χ4v) is 1.61. The number of nitrogens with one attached hydrogen (secondary N) is 1.